The van der Waals surface area contributed by atoms with E-state index in [4.69, 9.17) is 5.73 Å². The van der Waals surface area contributed by atoms with E-state index < -0.39 is 6.04 Å². The van der Waals surface area contributed by atoms with E-state index in [-0.39, 0.29) is 30.3 Å². The summed E-state index contributed by atoms with van der Waals surface area (Å²) in [6.45, 7) is 9.33. The Morgan fingerprint density at radius 3 is 2.62 bits per heavy atom. The number of carbonyl (C=O) groups is 1. The van der Waals surface area contributed by atoms with Gasteiger partial charge in [-0.05, 0) is 37.3 Å². The van der Waals surface area contributed by atoms with Crippen molar-refractivity contribution >= 4 is 18.3 Å². The number of halogens is 1. The second-order valence-corrected chi connectivity index (χ2v) is 6.98. The average molecular weight is 354 g/mol. The van der Waals surface area contributed by atoms with E-state index >= 15 is 0 Å². The standard InChI is InChI=1S/C19H31N3O.ClH/c1-4-14(2)18(20)19(23)21-15(3)17-10-11-22(13-17)12-16-8-6-5-7-9-16;/h5-9,14-15,17-18H,4,10-13,20H2,1-3H3,(H,21,23);1H. The third-order valence-electron chi connectivity index (χ3n) is 5.19. The molecule has 24 heavy (non-hydrogen) atoms. The third-order valence-corrected chi connectivity index (χ3v) is 5.19. The zero-order chi connectivity index (χ0) is 16.8. The molecule has 4 unspecified atom stereocenters. The smallest absolute Gasteiger partial charge is 0.237 e. The molecule has 1 aliphatic rings. The van der Waals surface area contributed by atoms with E-state index in [0.29, 0.717) is 5.92 Å². The van der Waals surface area contributed by atoms with Crippen LogP contribution >= 0.6 is 12.4 Å². The minimum absolute atomic E-state index is 0. The molecule has 0 aliphatic carbocycles. The molecule has 1 heterocycles. The van der Waals surface area contributed by atoms with Crippen LogP contribution in [0, 0.1) is 11.8 Å². The van der Waals surface area contributed by atoms with Gasteiger partial charge in [-0.3, -0.25) is 9.69 Å². The van der Waals surface area contributed by atoms with Gasteiger partial charge in [-0.1, -0.05) is 50.6 Å². The van der Waals surface area contributed by atoms with Crippen LogP contribution in [0.3, 0.4) is 0 Å². The summed E-state index contributed by atoms with van der Waals surface area (Å²) in [6, 6.07) is 10.3. The molecule has 4 atom stereocenters. The molecule has 1 aromatic rings. The van der Waals surface area contributed by atoms with Crippen molar-refractivity contribution in [3.8, 4) is 0 Å². The van der Waals surface area contributed by atoms with E-state index in [1.165, 1.54) is 5.56 Å². The molecule has 0 spiro atoms. The third kappa shape index (κ3) is 5.76. The summed E-state index contributed by atoms with van der Waals surface area (Å²) >= 11 is 0. The molecule has 136 valence electrons. The van der Waals surface area contributed by atoms with Gasteiger partial charge in [0.1, 0.15) is 0 Å². The lowest BCUT2D eigenvalue weighted by Crippen LogP contribution is -2.49. The van der Waals surface area contributed by atoms with Gasteiger partial charge in [0, 0.05) is 19.1 Å². The highest BCUT2D eigenvalue weighted by Crippen LogP contribution is 2.22. The predicted molar refractivity (Wildman–Crippen MR) is 102 cm³/mol. The second kappa shape index (κ2) is 10.0. The van der Waals surface area contributed by atoms with Crippen LogP contribution in [0.25, 0.3) is 0 Å². The monoisotopic (exact) mass is 353 g/mol. The minimum Gasteiger partial charge on any atom is -0.352 e. The Morgan fingerprint density at radius 2 is 2.00 bits per heavy atom. The maximum absolute atomic E-state index is 12.2. The van der Waals surface area contributed by atoms with Crippen LogP contribution in [0.15, 0.2) is 30.3 Å². The number of hydrogen-bond acceptors (Lipinski definition) is 3. The average Bonchev–Trinajstić information content (AvgIpc) is 3.02. The lowest BCUT2D eigenvalue weighted by Gasteiger charge is -2.25. The van der Waals surface area contributed by atoms with Crippen molar-refractivity contribution in [3.05, 3.63) is 35.9 Å². The maximum Gasteiger partial charge on any atom is 0.237 e. The van der Waals surface area contributed by atoms with E-state index in [1.807, 2.05) is 6.92 Å². The highest BCUT2D eigenvalue weighted by atomic mass is 35.5. The Bertz CT molecular complexity index is 497. The molecule has 3 N–H and O–H groups in total. The van der Waals surface area contributed by atoms with Gasteiger partial charge in [-0.15, -0.1) is 12.4 Å². The molecule has 1 aliphatic heterocycles. The van der Waals surface area contributed by atoms with Gasteiger partial charge < -0.3 is 11.1 Å². The van der Waals surface area contributed by atoms with Crippen LogP contribution in [0.4, 0.5) is 0 Å². The summed E-state index contributed by atoms with van der Waals surface area (Å²) in [5.74, 6) is 0.723. The summed E-state index contributed by atoms with van der Waals surface area (Å²) in [6.07, 6.45) is 2.06. The Hall–Kier alpha value is -1.10. The zero-order valence-corrected chi connectivity index (χ0v) is 15.9. The van der Waals surface area contributed by atoms with Crippen molar-refractivity contribution in [2.24, 2.45) is 17.6 Å². The van der Waals surface area contributed by atoms with E-state index in [2.05, 4.69) is 54.4 Å². The predicted octanol–water partition coefficient (Wildman–Crippen LogP) is 2.81. The van der Waals surface area contributed by atoms with Crippen molar-refractivity contribution < 1.29 is 4.79 Å². The first-order chi connectivity index (χ1) is 11.0. The molecule has 5 heteroatoms. The van der Waals surface area contributed by atoms with Crippen molar-refractivity contribution in [2.75, 3.05) is 13.1 Å². The molecule has 0 radical (unpaired) electrons. The maximum atomic E-state index is 12.2. The number of hydrogen-bond donors (Lipinski definition) is 2. The molecule has 1 aromatic carbocycles. The fraction of sp³-hybridized carbons (Fsp3) is 0.632. The van der Waals surface area contributed by atoms with Gasteiger partial charge in [0.15, 0.2) is 0 Å². The molecule has 0 saturated carbocycles. The quantitative estimate of drug-likeness (QED) is 0.792. The Morgan fingerprint density at radius 1 is 1.33 bits per heavy atom. The van der Waals surface area contributed by atoms with Crippen LogP contribution in [-0.2, 0) is 11.3 Å². The number of likely N-dealkylation sites (tertiary alicyclic amines) is 1. The van der Waals surface area contributed by atoms with Crippen LogP contribution in [-0.4, -0.2) is 36.0 Å². The molecule has 0 aromatic heterocycles. The highest BCUT2D eigenvalue weighted by Gasteiger charge is 2.29. The first-order valence-corrected chi connectivity index (χ1v) is 8.83. The first-order valence-electron chi connectivity index (χ1n) is 8.83. The summed E-state index contributed by atoms with van der Waals surface area (Å²) < 4.78 is 0. The minimum atomic E-state index is -0.399. The molecule has 1 amide bonds. The topological polar surface area (TPSA) is 58.4 Å². The van der Waals surface area contributed by atoms with Crippen LogP contribution in [0.5, 0.6) is 0 Å². The summed E-state index contributed by atoms with van der Waals surface area (Å²) in [5.41, 5.74) is 7.38. The summed E-state index contributed by atoms with van der Waals surface area (Å²) in [7, 11) is 0. The van der Waals surface area contributed by atoms with E-state index in [1.54, 1.807) is 0 Å². The fourth-order valence-corrected chi connectivity index (χ4v) is 3.21. The molecule has 0 bridgehead atoms. The van der Waals surface area contributed by atoms with Gasteiger partial charge in [0.25, 0.3) is 0 Å². The highest BCUT2D eigenvalue weighted by molar-refractivity contribution is 5.85. The normalized spacial score (nSPS) is 21.6. The largest absolute Gasteiger partial charge is 0.352 e. The first kappa shape index (κ1) is 20.9. The van der Waals surface area contributed by atoms with Crippen molar-refractivity contribution in [2.45, 2.75) is 52.2 Å². The second-order valence-electron chi connectivity index (χ2n) is 6.98. The molecular weight excluding hydrogens is 322 g/mol. The number of nitrogens with one attached hydrogen (secondary N) is 1. The number of carbonyl (C=O) groups excluding carboxylic acids is 1. The van der Waals surface area contributed by atoms with Crippen LogP contribution in [0.1, 0.15) is 39.2 Å². The van der Waals surface area contributed by atoms with Crippen molar-refractivity contribution in [1.82, 2.24) is 10.2 Å². The molecule has 2 rings (SSSR count). The lowest BCUT2D eigenvalue weighted by atomic mass is 9.97. The molecular formula is C19H32ClN3O. The SMILES string of the molecule is CCC(C)C(N)C(=O)NC(C)C1CCN(Cc2ccccc2)C1.Cl. The number of amides is 1. The molecule has 4 nitrogen and oxygen atoms in total. The van der Waals surface area contributed by atoms with E-state index in [0.717, 1.165) is 32.5 Å². The fourth-order valence-electron chi connectivity index (χ4n) is 3.21. The zero-order valence-electron chi connectivity index (χ0n) is 15.1. The van der Waals surface area contributed by atoms with Gasteiger partial charge in [0.05, 0.1) is 6.04 Å². The number of nitrogens with two attached hydrogens (primary N) is 1. The number of benzene rings is 1. The molecule has 1 fully saturated rings. The van der Waals surface area contributed by atoms with Gasteiger partial charge in [-0.2, -0.15) is 0 Å². The van der Waals surface area contributed by atoms with Gasteiger partial charge in [-0.25, -0.2) is 0 Å². The van der Waals surface area contributed by atoms with E-state index in [9.17, 15) is 4.79 Å². The van der Waals surface area contributed by atoms with Crippen molar-refractivity contribution in [1.29, 1.82) is 0 Å². The van der Waals surface area contributed by atoms with Gasteiger partial charge >= 0.3 is 0 Å². The Balaban J connectivity index is 0.00000288. The lowest BCUT2D eigenvalue weighted by molar-refractivity contribution is -0.124. The number of nitrogens with zero attached hydrogens (tertiary/aromatic N) is 1. The molecule has 1 saturated heterocycles. The van der Waals surface area contributed by atoms with Gasteiger partial charge in [0.2, 0.25) is 5.91 Å². The summed E-state index contributed by atoms with van der Waals surface area (Å²) in [5, 5.41) is 3.13. The summed E-state index contributed by atoms with van der Waals surface area (Å²) in [4.78, 5) is 14.7. The Kier molecular flexibility index (Phi) is 8.74. The van der Waals surface area contributed by atoms with Crippen LogP contribution < -0.4 is 11.1 Å². The number of rotatable bonds is 7. The van der Waals surface area contributed by atoms with Crippen LogP contribution in [0.2, 0.25) is 0 Å². The van der Waals surface area contributed by atoms with Crippen molar-refractivity contribution in [3.63, 3.8) is 0 Å². The Labute approximate surface area is 152 Å².